The maximum atomic E-state index is 15.4. The van der Waals surface area contributed by atoms with E-state index in [1.165, 1.54) is 17.4 Å². The molecule has 3 heterocycles. The molecule has 0 saturated carbocycles. The molecule has 2 aromatic heterocycles. The molecule has 2 atom stereocenters. The molecule has 1 aliphatic carbocycles. The van der Waals surface area contributed by atoms with E-state index < -0.39 is 29.5 Å². The first kappa shape index (κ1) is 23.7. The van der Waals surface area contributed by atoms with Gasteiger partial charge in [0, 0.05) is 36.0 Å². The average Bonchev–Trinajstić information content (AvgIpc) is 3.32. The molecule has 0 saturated heterocycles. The Labute approximate surface area is 210 Å². The number of nitrogen functional groups attached to an aromatic ring is 1. The van der Waals surface area contributed by atoms with Crippen molar-refractivity contribution in [1.82, 2.24) is 15.0 Å². The standard InChI is InChI=1S/C27H20F2N6O2/c28-19-9-10-21(36)20(13-19)26(27(37)33-23-3-1-2-12-31-23)35-15-18-8-7-17(24(29)25(18)34-35)6-4-16-5-11-22(30)32-14-16/h1-3,5,7-14,18,26,36H,15H2,(H2,30,32)(H,31,33,37). The number of hydrazone groups is 1. The Morgan fingerprint density at radius 2 is 2.03 bits per heavy atom. The molecule has 0 bridgehead atoms. The number of hydrogen-bond donors (Lipinski definition) is 3. The number of nitrogens with one attached hydrogen (secondary N) is 1. The van der Waals surface area contributed by atoms with E-state index in [1.54, 1.807) is 42.5 Å². The molecular weight excluding hydrogens is 478 g/mol. The first-order valence-electron chi connectivity index (χ1n) is 11.3. The van der Waals surface area contributed by atoms with Gasteiger partial charge < -0.3 is 16.2 Å². The highest BCUT2D eigenvalue weighted by Gasteiger charge is 2.39. The van der Waals surface area contributed by atoms with Crippen LogP contribution in [0.4, 0.5) is 20.4 Å². The molecule has 10 heteroatoms. The number of halogens is 2. The van der Waals surface area contributed by atoms with Gasteiger partial charge in [-0.25, -0.2) is 18.7 Å². The third-order valence-corrected chi connectivity index (χ3v) is 5.80. The molecule has 184 valence electrons. The molecule has 5 rings (SSSR count). The predicted octanol–water partition coefficient (Wildman–Crippen LogP) is 3.72. The molecule has 1 amide bonds. The summed E-state index contributed by atoms with van der Waals surface area (Å²) in [5.74, 6) is 3.57. The second-order valence-electron chi connectivity index (χ2n) is 8.33. The average molecular weight is 498 g/mol. The van der Waals surface area contributed by atoms with E-state index in [-0.39, 0.29) is 35.0 Å². The summed E-state index contributed by atoms with van der Waals surface area (Å²) < 4.78 is 29.5. The highest BCUT2D eigenvalue weighted by Crippen LogP contribution is 2.36. The Hall–Kier alpha value is -5.04. The number of rotatable bonds is 4. The molecule has 37 heavy (non-hydrogen) atoms. The van der Waals surface area contributed by atoms with Gasteiger partial charge in [-0.1, -0.05) is 24.0 Å². The molecule has 0 spiro atoms. The summed E-state index contributed by atoms with van der Waals surface area (Å²) in [4.78, 5) is 21.4. The molecule has 2 unspecified atom stereocenters. The van der Waals surface area contributed by atoms with Crippen molar-refractivity contribution in [2.75, 3.05) is 17.6 Å². The van der Waals surface area contributed by atoms with Crippen molar-refractivity contribution in [1.29, 1.82) is 0 Å². The van der Waals surface area contributed by atoms with E-state index in [0.717, 1.165) is 18.2 Å². The number of nitrogens with zero attached hydrogens (tertiary/aromatic N) is 4. The molecule has 0 radical (unpaired) electrons. The molecule has 1 aromatic carbocycles. The molecule has 4 N–H and O–H groups in total. The summed E-state index contributed by atoms with van der Waals surface area (Å²) in [6.45, 7) is 0.123. The van der Waals surface area contributed by atoms with Crippen LogP contribution < -0.4 is 11.1 Å². The minimum atomic E-state index is -1.26. The van der Waals surface area contributed by atoms with Gasteiger partial charge in [-0.2, -0.15) is 5.10 Å². The number of hydrogen-bond acceptors (Lipinski definition) is 7. The van der Waals surface area contributed by atoms with Crippen LogP contribution in [0.25, 0.3) is 0 Å². The quantitative estimate of drug-likeness (QED) is 0.472. The second-order valence-corrected chi connectivity index (χ2v) is 8.33. The van der Waals surface area contributed by atoms with Crippen LogP contribution in [0.5, 0.6) is 5.75 Å². The Morgan fingerprint density at radius 1 is 1.16 bits per heavy atom. The minimum Gasteiger partial charge on any atom is -0.508 e. The van der Waals surface area contributed by atoms with Crippen molar-refractivity contribution in [3.05, 3.63) is 101 Å². The van der Waals surface area contributed by atoms with E-state index in [9.17, 15) is 14.3 Å². The largest absolute Gasteiger partial charge is 0.508 e. The lowest BCUT2D eigenvalue weighted by molar-refractivity contribution is -0.121. The van der Waals surface area contributed by atoms with Gasteiger partial charge in [-0.3, -0.25) is 9.80 Å². The number of anilines is 2. The first-order chi connectivity index (χ1) is 17.9. The lowest BCUT2D eigenvalue weighted by Crippen LogP contribution is -2.34. The van der Waals surface area contributed by atoms with Gasteiger partial charge >= 0.3 is 0 Å². The Bertz CT molecular complexity index is 1510. The molecule has 8 nitrogen and oxygen atoms in total. The number of allylic oxidation sites excluding steroid dienone is 3. The van der Waals surface area contributed by atoms with Crippen LogP contribution in [0.15, 0.2) is 89.6 Å². The maximum Gasteiger partial charge on any atom is 0.254 e. The van der Waals surface area contributed by atoms with Crippen molar-refractivity contribution < 1.29 is 18.7 Å². The van der Waals surface area contributed by atoms with E-state index in [1.807, 2.05) is 0 Å². The van der Waals surface area contributed by atoms with Crippen LogP contribution in [0.1, 0.15) is 17.2 Å². The number of amides is 1. The third kappa shape index (κ3) is 5.01. The summed E-state index contributed by atoms with van der Waals surface area (Å²) in [7, 11) is 0. The van der Waals surface area contributed by atoms with Crippen molar-refractivity contribution in [3.63, 3.8) is 0 Å². The number of fused-ring (bicyclic) bond motifs is 1. The number of pyridine rings is 2. The van der Waals surface area contributed by atoms with Gasteiger partial charge in [0.2, 0.25) is 0 Å². The Kier molecular flexibility index (Phi) is 6.34. The van der Waals surface area contributed by atoms with Crippen molar-refractivity contribution in [2.45, 2.75) is 6.04 Å². The maximum absolute atomic E-state index is 15.4. The predicted molar refractivity (Wildman–Crippen MR) is 134 cm³/mol. The van der Waals surface area contributed by atoms with E-state index in [0.29, 0.717) is 11.4 Å². The van der Waals surface area contributed by atoms with Crippen LogP contribution in [0.3, 0.4) is 0 Å². The lowest BCUT2D eigenvalue weighted by atomic mass is 9.94. The van der Waals surface area contributed by atoms with Gasteiger partial charge in [0.25, 0.3) is 5.91 Å². The number of benzene rings is 1. The molecule has 2 aliphatic rings. The normalized spacial score (nSPS) is 17.0. The van der Waals surface area contributed by atoms with Gasteiger partial charge in [-0.05, 0) is 48.5 Å². The number of aromatic hydroxyl groups is 1. The van der Waals surface area contributed by atoms with E-state index in [4.69, 9.17) is 5.73 Å². The first-order valence-corrected chi connectivity index (χ1v) is 11.3. The molecule has 3 aromatic rings. The van der Waals surface area contributed by atoms with Crippen LogP contribution in [-0.2, 0) is 4.79 Å². The number of phenolic OH excluding ortho intramolecular Hbond substituents is 1. The van der Waals surface area contributed by atoms with Gasteiger partial charge in [0.05, 0.1) is 5.57 Å². The summed E-state index contributed by atoms with van der Waals surface area (Å²) in [5, 5.41) is 18.8. The topological polar surface area (TPSA) is 117 Å². The Morgan fingerprint density at radius 3 is 2.78 bits per heavy atom. The molecule has 0 fully saturated rings. The summed E-state index contributed by atoms with van der Waals surface area (Å²) in [6, 6.07) is 10.3. The highest BCUT2D eigenvalue weighted by atomic mass is 19.1. The number of phenols is 1. The fourth-order valence-electron chi connectivity index (χ4n) is 4.01. The highest BCUT2D eigenvalue weighted by molar-refractivity contribution is 6.05. The third-order valence-electron chi connectivity index (χ3n) is 5.80. The van der Waals surface area contributed by atoms with Gasteiger partial charge in [-0.15, -0.1) is 0 Å². The van der Waals surface area contributed by atoms with Crippen LogP contribution in [0, 0.1) is 23.6 Å². The zero-order chi connectivity index (χ0) is 25.9. The monoisotopic (exact) mass is 498 g/mol. The molecule has 1 aliphatic heterocycles. The van der Waals surface area contributed by atoms with Crippen LogP contribution in [0.2, 0.25) is 0 Å². The summed E-state index contributed by atoms with van der Waals surface area (Å²) >= 11 is 0. The fourth-order valence-corrected chi connectivity index (χ4v) is 4.01. The Balaban J connectivity index is 1.48. The zero-order valence-electron chi connectivity index (χ0n) is 19.3. The van der Waals surface area contributed by atoms with E-state index >= 15 is 4.39 Å². The van der Waals surface area contributed by atoms with Crippen molar-refractivity contribution >= 4 is 23.3 Å². The number of carbonyl (C=O) groups is 1. The van der Waals surface area contributed by atoms with E-state index in [2.05, 4.69) is 32.2 Å². The SMILES string of the molecule is Nc1ccc(C#CC2=C(F)C3=NN(C(C(=O)Nc4ccccn4)c4cc(F)ccc4O)CC3C=C2)cn1. The minimum absolute atomic E-state index is 0.0133. The zero-order valence-corrected chi connectivity index (χ0v) is 19.3. The number of nitrogens with two attached hydrogens (primary N) is 1. The van der Waals surface area contributed by atoms with Crippen molar-refractivity contribution in [2.24, 2.45) is 11.0 Å². The smallest absolute Gasteiger partial charge is 0.254 e. The van der Waals surface area contributed by atoms with Gasteiger partial charge in [0.15, 0.2) is 11.9 Å². The summed E-state index contributed by atoms with van der Waals surface area (Å²) in [5.41, 5.74) is 6.34. The number of carbonyl (C=O) groups excluding carboxylic acids is 1. The van der Waals surface area contributed by atoms with Gasteiger partial charge in [0.1, 0.15) is 28.9 Å². The second kappa shape index (κ2) is 9.91. The fraction of sp³-hybridized carbons (Fsp3) is 0.111. The van der Waals surface area contributed by atoms with Crippen LogP contribution in [-0.4, -0.2) is 38.2 Å². The molecular formula is C27H20F2N6O2. The van der Waals surface area contributed by atoms with Crippen LogP contribution >= 0.6 is 0 Å². The number of aromatic nitrogens is 2. The summed E-state index contributed by atoms with van der Waals surface area (Å²) in [6.07, 6.45) is 6.29. The lowest BCUT2D eigenvalue weighted by Gasteiger charge is -2.26. The van der Waals surface area contributed by atoms with Crippen molar-refractivity contribution in [3.8, 4) is 17.6 Å².